The molecule has 2 aromatic carbocycles. The Morgan fingerprint density at radius 1 is 1.00 bits per heavy atom. The lowest BCUT2D eigenvalue weighted by molar-refractivity contribution is -0.121. The maximum Gasteiger partial charge on any atom is 0.163 e. The molecule has 0 radical (unpaired) electrons. The predicted molar refractivity (Wildman–Crippen MR) is 86.9 cm³/mol. The molecular weight excluding hydrogens is 272 g/mol. The number of hydrogen-bond donors (Lipinski definition) is 0. The van der Waals surface area contributed by atoms with Crippen LogP contribution in [0.15, 0.2) is 60.7 Å². The van der Waals surface area contributed by atoms with Crippen molar-refractivity contribution >= 4 is 11.6 Å². The summed E-state index contributed by atoms with van der Waals surface area (Å²) in [6, 6.07) is 19.4. The first-order chi connectivity index (χ1) is 10.8. The van der Waals surface area contributed by atoms with Crippen molar-refractivity contribution in [1.82, 2.24) is 0 Å². The fourth-order valence-electron chi connectivity index (χ4n) is 3.40. The molecule has 2 atom stereocenters. The van der Waals surface area contributed by atoms with Crippen molar-refractivity contribution in [2.24, 2.45) is 5.92 Å². The minimum atomic E-state index is -0.00457. The molecule has 0 saturated heterocycles. The van der Waals surface area contributed by atoms with Gasteiger partial charge in [0.15, 0.2) is 5.78 Å². The number of carbonyl (C=O) groups is 2. The van der Waals surface area contributed by atoms with E-state index < -0.39 is 0 Å². The Hall–Kier alpha value is -2.22. The maximum absolute atomic E-state index is 12.6. The van der Waals surface area contributed by atoms with Crippen LogP contribution in [0.3, 0.4) is 0 Å². The standard InChI is InChI=1S/C20H20O2/c21-19-13-7-12-17(19)18(15-8-3-1-4-9-15)14-20(22)16-10-5-2-6-11-16/h1-6,8-11,17-18H,7,12-14H2/t17?,18-/m1/s1. The molecule has 0 bridgehead atoms. The van der Waals surface area contributed by atoms with Gasteiger partial charge in [0.05, 0.1) is 0 Å². The lowest BCUT2D eigenvalue weighted by Crippen LogP contribution is -2.20. The van der Waals surface area contributed by atoms with Gasteiger partial charge in [-0.3, -0.25) is 9.59 Å². The molecule has 0 heterocycles. The van der Waals surface area contributed by atoms with Crippen LogP contribution in [0.1, 0.15) is 47.5 Å². The first-order valence-corrected chi connectivity index (χ1v) is 7.91. The Kier molecular flexibility index (Phi) is 4.47. The molecular formula is C20H20O2. The molecule has 1 saturated carbocycles. The van der Waals surface area contributed by atoms with Gasteiger partial charge >= 0.3 is 0 Å². The smallest absolute Gasteiger partial charge is 0.163 e. The van der Waals surface area contributed by atoms with Crippen LogP contribution < -0.4 is 0 Å². The van der Waals surface area contributed by atoms with Gasteiger partial charge in [0.2, 0.25) is 0 Å². The van der Waals surface area contributed by atoms with Crippen LogP contribution in [-0.4, -0.2) is 11.6 Å². The predicted octanol–water partition coefficient (Wildman–Crippen LogP) is 4.41. The van der Waals surface area contributed by atoms with Crippen LogP contribution in [0.4, 0.5) is 0 Å². The summed E-state index contributed by atoms with van der Waals surface area (Å²) in [5, 5.41) is 0. The van der Waals surface area contributed by atoms with Crippen molar-refractivity contribution in [3.05, 3.63) is 71.8 Å². The molecule has 0 aromatic heterocycles. The van der Waals surface area contributed by atoms with Crippen LogP contribution in [0.25, 0.3) is 0 Å². The molecule has 0 amide bonds. The Morgan fingerprint density at radius 2 is 1.64 bits per heavy atom. The summed E-state index contributed by atoms with van der Waals surface area (Å²) in [5.74, 6) is 0.433. The lowest BCUT2D eigenvalue weighted by Gasteiger charge is -2.22. The van der Waals surface area contributed by atoms with Gasteiger partial charge in [0.25, 0.3) is 0 Å². The van der Waals surface area contributed by atoms with Gasteiger partial charge in [-0.15, -0.1) is 0 Å². The first-order valence-electron chi connectivity index (χ1n) is 7.91. The van der Waals surface area contributed by atoms with Crippen LogP contribution in [-0.2, 0) is 4.79 Å². The quantitative estimate of drug-likeness (QED) is 0.765. The van der Waals surface area contributed by atoms with E-state index in [2.05, 4.69) is 0 Å². The van der Waals surface area contributed by atoms with Gasteiger partial charge in [0.1, 0.15) is 5.78 Å². The van der Waals surface area contributed by atoms with E-state index in [1.54, 1.807) is 0 Å². The SMILES string of the molecule is O=C(C[C@H](c1ccccc1)C1CCCC1=O)c1ccccc1. The summed E-state index contributed by atoms with van der Waals surface area (Å²) < 4.78 is 0. The van der Waals surface area contributed by atoms with Gasteiger partial charge in [-0.1, -0.05) is 60.7 Å². The van der Waals surface area contributed by atoms with Gasteiger partial charge < -0.3 is 0 Å². The molecule has 1 fully saturated rings. The van der Waals surface area contributed by atoms with Crippen molar-refractivity contribution in [3.63, 3.8) is 0 Å². The zero-order valence-corrected chi connectivity index (χ0v) is 12.6. The van der Waals surface area contributed by atoms with Crippen molar-refractivity contribution in [1.29, 1.82) is 0 Å². The highest BCUT2D eigenvalue weighted by molar-refractivity contribution is 5.97. The summed E-state index contributed by atoms with van der Waals surface area (Å²) in [7, 11) is 0. The fraction of sp³-hybridized carbons (Fsp3) is 0.300. The molecule has 112 valence electrons. The van der Waals surface area contributed by atoms with E-state index in [1.807, 2.05) is 60.7 Å². The van der Waals surface area contributed by atoms with Crippen molar-refractivity contribution in [2.75, 3.05) is 0 Å². The number of rotatable bonds is 5. The van der Waals surface area contributed by atoms with Gasteiger partial charge in [-0.25, -0.2) is 0 Å². The normalized spacial score (nSPS) is 19.1. The van der Waals surface area contributed by atoms with Crippen LogP contribution in [0.5, 0.6) is 0 Å². The number of benzene rings is 2. The highest BCUT2D eigenvalue weighted by Crippen LogP contribution is 2.37. The fourth-order valence-corrected chi connectivity index (χ4v) is 3.40. The molecule has 3 rings (SSSR count). The highest BCUT2D eigenvalue weighted by atomic mass is 16.1. The average molecular weight is 292 g/mol. The molecule has 0 spiro atoms. The summed E-state index contributed by atoms with van der Waals surface area (Å²) >= 11 is 0. The molecule has 2 nitrogen and oxygen atoms in total. The van der Waals surface area contributed by atoms with Crippen LogP contribution in [0, 0.1) is 5.92 Å². The van der Waals surface area contributed by atoms with Crippen LogP contribution >= 0.6 is 0 Å². The van der Waals surface area contributed by atoms with Crippen molar-refractivity contribution in [2.45, 2.75) is 31.6 Å². The third-order valence-corrected chi connectivity index (χ3v) is 4.57. The van der Waals surface area contributed by atoms with E-state index in [-0.39, 0.29) is 17.6 Å². The Morgan fingerprint density at radius 3 is 2.23 bits per heavy atom. The van der Waals surface area contributed by atoms with Crippen molar-refractivity contribution < 1.29 is 9.59 Å². The van der Waals surface area contributed by atoms with E-state index in [0.717, 1.165) is 24.0 Å². The number of Topliss-reactive ketones (excluding diaryl/α,β-unsaturated/α-hetero) is 2. The summed E-state index contributed by atoms with van der Waals surface area (Å²) in [5.41, 5.74) is 1.83. The third-order valence-electron chi connectivity index (χ3n) is 4.57. The molecule has 22 heavy (non-hydrogen) atoms. The van der Waals surface area contributed by atoms with E-state index in [4.69, 9.17) is 0 Å². The second-order valence-corrected chi connectivity index (χ2v) is 5.98. The molecule has 0 N–H and O–H groups in total. The molecule has 1 aliphatic rings. The highest BCUT2D eigenvalue weighted by Gasteiger charge is 2.34. The third kappa shape index (κ3) is 3.16. The Labute approximate surface area is 131 Å². The number of ketones is 2. The monoisotopic (exact) mass is 292 g/mol. The average Bonchev–Trinajstić information content (AvgIpc) is 3.00. The van der Waals surface area contributed by atoms with Crippen LogP contribution in [0.2, 0.25) is 0 Å². The molecule has 2 aromatic rings. The Bertz CT molecular complexity index is 646. The molecule has 0 aliphatic heterocycles. The second-order valence-electron chi connectivity index (χ2n) is 5.98. The van der Waals surface area contributed by atoms with Gasteiger partial charge in [-0.2, -0.15) is 0 Å². The van der Waals surface area contributed by atoms with E-state index >= 15 is 0 Å². The Balaban J connectivity index is 1.86. The summed E-state index contributed by atoms with van der Waals surface area (Å²) in [6.45, 7) is 0. The largest absolute Gasteiger partial charge is 0.299 e. The van der Waals surface area contributed by atoms with E-state index in [1.165, 1.54) is 0 Å². The first kappa shape index (κ1) is 14.7. The van der Waals surface area contributed by atoms with Gasteiger partial charge in [-0.05, 0) is 18.4 Å². The lowest BCUT2D eigenvalue weighted by atomic mass is 9.80. The molecule has 2 heteroatoms. The maximum atomic E-state index is 12.6. The zero-order valence-electron chi connectivity index (χ0n) is 12.6. The van der Waals surface area contributed by atoms with E-state index in [9.17, 15) is 9.59 Å². The topological polar surface area (TPSA) is 34.1 Å². The summed E-state index contributed by atoms with van der Waals surface area (Å²) in [4.78, 5) is 24.8. The summed E-state index contributed by atoms with van der Waals surface area (Å²) in [6.07, 6.45) is 2.92. The number of carbonyl (C=O) groups excluding carboxylic acids is 2. The minimum absolute atomic E-state index is 0.00362. The minimum Gasteiger partial charge on any atom is -0.299 e. The van der Waals surface area contributed by atoms with E-state index in [0.29, 0.717) is 18.6 Å². The molecule has 1 unspecified atom stereocenters. The van der Waals surface area contributed by atoms with Crippen molar-refractivity contribution in [3.8, 4) is 0 Å². The molecule has 1 aliphatic carbocycles. The number of hydrogen-bond acceptors (Lipinski definition) is 2. The second kappa shape index (κ2) is 6.69. The zero-order chi connectivity index (χ0) is 15.4. The van der Waals surface area contributed by atoms with Gasteiger partial charge in [0, 0.05) is 30.2 Å².